The highest BCUT2D eigenvalue weighted by molar-refractivity contribution is 6.34. The van der Waals surface area contributed by atoms with E-state index >= 15 is 0 Å². The normalized spacial score (nSPS) is 10.9. The summed E-state index contributed by atoms with van der Waals surface area (Å²) >= 11 is 11.7. The number of carboxylic acid groups (broad SMARTS) is 2. The minimum absolute atomic E-state index is 0.106. The topological polar surface area (TPSA) is 95.9 Å². The SMILES string of the molecule is CC(C)(C)NCCOc1cc(Cl)cc(Cl)c1.O=C(O)/C=C\C(=O)O. The van der Waals surface area contributed by atoms with Crippen LogP contribution in [0.15, 0.2) is 30.4 Å². The smallest absolute Gasteiger partial charge is 0.328 e. The minimum atomic E-state index is -1.26. The van der Waals surface area contributed by atoms with Gasteiger partial charge in [0.05, 0.1) is 0 Å². The van der Waals surface area contributed by atoms with E-state index in [9.17, 15) is 9.59 Å². The second-order valence-electron chi connectivity index (χ2n) is 5.64. The Morgan fingerprint density at radius 1 is 1.08 bits per heavy atom. The van der Waals surface area contributed by atoms with Crippen LogP contribution in [0, 0.1) is 0 Å². The van der Waals surface area contributed by atoms with Crippen molar-refractivity contribution in [1.29, 1.82) is 0 Å². The lowest BCUT2D eigenvalue weighted by molar-refractivity contribution is -0.134. The molecule has 6 nitrogen and oxygen atoms in total. The molecule has 0 saturated carbocycles. The van der Waals surface area contributed by atoms with E-state index in [2.05, 4.69) is 26.1 Å². The Bertz CT molecular complexity index is 546. The first-order valence-electron chi connectivity index (χ1n) is 6.97. The lowest BCUT2D eigenvalue weighted by atomic mass is 10.1. The number of carbonyl (C=O) groups is 2. The quantitative estimate of drug-likeness (QED) is 0.518. The van der Waals surface area contributed by atoms with E-state index in [0.29, 0.717) is 34.6 Å². The Morgan fingerprint density at radius 3 is 1.92 bits per heavy atom. The summed E-state index contributed by atoms with van der Waals surface area (Å²) in [5, 5.41) is 20.1. The van der Waals surface area contributed by atoms with Gasteiger partial charge in [-0.2, -0.15) is 0 Å². The van der Waals surface area contributed by atoms with Crippen LogP contribution in [0.3, 0.4) is 0 Å². The zero-order valence-electron chi connectivity index (χ0n) is 13.7. The number of aliphatic carboxylic acids is 2. The zero-order valence-corrected chi connectivity index (χ0v) is 15.2. The first-order chi connectivity index (χ1) is 11.0. The van der Waals surface area contributed by atoms with Crippen LogP contribution in [0.2, 0.25) is 10.0 Å². The molecular weight excluding hydrogens is 357 g/mol. The summed E-state index contributed by atoms with van der Waals surface area (Å²) in [4.78, 5) is 19.1. The van der Waals surface area contributed by atoms with Gasteiger partial charge < -0.3 is 20.3 Å². The number of carboxylic acids is 2. The van der Waals surface area contributed by atoms with Crippen LogP contribution in [0.1, 0.15) is 20.8 Å². The largest absolute Gasteiger partial charge is 0.492 e. The summed E-state index contributed by atoms with van der Waals surface area (Å²) in [6, 6.07) is 5.19. The Hall–Kier alpha value is -1.76. The standard InChI is InChI=1S/C12H17Cl2NO.C4H4O4/c1-12(2,3)15-4-5-16-11-7-9(13)6-10(14)8-11;5-3(6)1-2-4(7)8/h6-8,15H,4-5H2,1-3H3;1-2H,(H,5,6)(H,7,8)/b;2-1-. The van der Waals surface area contributed by atoms with Gasteiger partial charge in [0.1, 0.15) is 12.4 Å². The van der Waals surface area contributed by atoms with Crippen molar-refractivity contribution in [2.75, 3.05) is 13.2 Å². The zero-order chi connectivity index (χ0) is 18.8. The van der Waals surface area contributed by atoms with Gasteiger partial charge in [-0.05, 0) is 39.0 Å². The average molecular weight is 378 g/mol. The summed E-state index contributed by atoms with van der Waals surface area (Å²) in [5.41, 5.74) is 0.106. The molecule has 1 rings (SSSR count). The van der Waals surface area contributed by atoms with Gasteiger partial charge in [0, 0.05) is 34.3 Å². The van der Waals surface area contributed by atoms with Crippen molar-refractivity contribution in [3.8, 4) is 5.75 Å². The van der Waals surface area contributed by atoms with Gasteiger partial charge in [0.25, 0.3) is 0 Å². The van der Waals surface area contributed by atoms with E-state index in [1.807, 2.05) is 0 Å². The summed E-state index contributed by atoms with van der Waals surface area (Å²) in [6.07, 6.45) is 1.12. The number of halogens is 2. The third-order valence-corrected chi connectivity index (χ3v) is 2.67. The summed E-state index contributed by atoms with van der Waals surface area (Å²) < 4.78 is 5.53. The van der Waals surface area contributed by atoms with Gasteiger partial charge in [-0.15, -0.1) is 0 Å². The number of hydrogen-bond acceptors (Lipinski definition) is 4. The maximum absolute atomic E-state index is 9.55. The molecule has 0 aliphatic heterocycles. The monoisotopic (exact) mass is 377 g/mol. The van der Waals surface area contributed by atoms with Crippen LogP contribution in [0.5, 0.6) is 5.75 Å². The first-order valence-corrected chi connectivity index (χ1v) is 7.73. The van der Waals surface area contributed by atoms with E-state index < -0.39 is 11.9 Å². The molecular formula is C16H21Cl2NO5. The van der Waals surface area contributed by atoms with Crippen molar-refractivity contribution < 1.29 is 24.5 Å². The molecule has 8 heteroatoms. The highest BCUT2D eigenvalue weighted by atomic mass is 35.5. The fourth-order valence-corrected chi connectivity index (χ4v) is 1.86. The Morgan fingerprint density at radius 2 is 1.54 bits per heavy atom. The fourth-order valence-electron chi connectivity index (χ4n) is 1.35. The second-order valence-corrected chi connectivity index (χ2v) is 6.51. The molecule has 0 aliphatic rings. The van der Waals surface area contributed by atoms with E-state index in [1.54, 1.807) is 18.2 Å². The predicted octanol–water partition coefficient (Wildman–Crippen LogP) is 3.47. The first kappa shape index (κ1) is 22.2. The highest BCUT2D eigenvalue weighted by Crippen LogP contribution is 2.23. The molecule has 0 unspecified atom stereocenters. The molecule has 0 spiro atoms. The lowest BCUT2D eigenvalue weighted by Crippen LogP contribution is -2.38. The van der Waals surface area contributed by atoms with Crippen molar-refractivity contribution in [2.24, 2.45) is 0 Å². The third kappa shape index (κ3) is 13.9. The van der Waals surface area contributed by atoms with Crippen molar-refractivity contribution in [3.63, 3.8) is 0 Å². The van der Waals surface area contributed by atoms with Crippen LogP contribution in [-0.4, -0.2) is 40.8 Å². The summed E-state index contributed by atoms with van der Waals surface area (Å²) in [5.74, 6) is -1.81. The molecule has 0 radical (unpaired) electrons. The number of ether oxygens (including phenoxy) is 1. The Labute approximate surface area is 151 Å². The average Bonchev–Trinajstić information content (AvgIpc) is 2.40. The maximum atomic E-state index is 9.55. The van der Waals surface area contributed by atoms with Crippen molar-refractivity contribution in [3.05, 3.63) is 40.4 Å². The Balaban J connectivity index is 0.000000561. The molecule has 134 valence electrons. The molecule has 0 atom stereocenters. The number of benzene rings is 1. The summed E-state index contributed by atoms with van der Waals surface area (Å²) in [7, 11) is 0. The Kier molecular flexibility index (Phi) is 10.1. The third-order valence-electron chi connectivity index (χ3n) is 2.23. The van der Waals surface area contributed by atoms with Crippen LogP contribution in [0.25, 0.3) is 0 Å². The van der Waals surface area contributed by atoms with Crippen LogP contribution in [-0.2, 0) is 9.59 Å². The number of hydrogen-bond donors (Lipinski definition) is 3. The van der Waals surface area contributed by atoms with Crippen molar-refractivity contribution >= 4 is 35.1 Å². The van der Waals surface area contributed by atoms with Gasteiger partial charge in [-0.1, -0.05) is 23.2 Å². The molecule has 0 saturated heterocycles. The molecule has 0 amide bonds. The van der Waals surface area contributed by atoms with E-state index in [1.165, 1.54) is 0 Å². The number of rotatable bonds is 6. The van der Waals surface area contributed by atoms with Gasteiger partial charge >= 0.3 is 11.9 Å². The van der Waals surface area contributed by atoms with E-state index in [-0.39, 0.29) is 5.54 Å². The minimum Gasteiger partial charge on any atom is -0.492 e. The molecule has 1 aromatic carbocycles. The van der Waals surface area contributed by atoms with Gasteiger partial charge in [0.15, 0.2) is 0 Å². The van der Waals surface area contributed by atoms with Gasteiger partial charge in [0.2, 0.25) is 0 Å². The van der Waals surface area contributed by atoms with Gasteiger partial charge in [-0.3, -0.25) is 0 Å². The molecule has 0 aromatic heterocycles. The van der Waals surface area contributed by atoms with Crippen LogP contribution in [0.4, 0.5) is 0 Å². The fraction of sp³-hybridized carbons (Fsp3) is 0.375. The molecule has 0 bridgehead atoms. The van der Waals surface area contributed by atoms with Crippen LogP contribution < -0.4 is 10.1 Å². The van der Waals surface area contributed by atoms with E-state index in [0.717, 1.165) is 6.54 Å². The molecule has 0 aliphatic carbocycles. The second kappa shape index (κ2) is 10.9. The van der Waals surface area contributed by atoms with Crippen LogP contribution >= 0.6 is 23.2 Å². The number of nitrogens with one attached hydrogen (secondary N) is 1. The lowest BCUT2D eigenvalue weighted by Gasteiger charge is -2.20. The molecule has 3 N–H and O–H groups in total. The summed E-state index contributed by atoms with van der Waals surface area (Å²) in [6.45, 7) is 7.72. The molecule has 0 fully saturated rings. The molecule has 24 heavy (non-hydrogen) atoms. The van der Waals surface area contributed by atoms with Crippen molar-refractivity contribution in [2.45, 2.75) is 26.3 Å². The maximum Gasteiger partial charge on any atom is 0.328 e. The predicted molar refractivity (Wildman–Crippen MR) is 94.1 cm³/mol. The molecule has 0 heterocycles. The molecule has 1 aromatic rings. The van der Waals surface area contributed by atoms with Crippen molar-refractivity contribution in [1.82, 2.24) is 5.32 Å². The highest BCUT2D eigenvalue weighted by Gasteiger charge is 2.07. The van der Waals surface area contributed by atoms with E-state index in [4.69, 9.17) is 38.2 Å². The van der Waals surface area contributed by atoms with Gasteiger partial charge in [-0.25, -0.2) is 9.59 Å².